The molecule has 0 amide bonds. The molecule has 6 atom stereocenters. The van der Waals surface area contributed by atoms with Crippen LogP contribution in [0.2, 0.25) is 0 Å². The van der Waals surface area contributed by atoms with Crippen LogP contribution in [0, 0.1) is 0 Å². The van der Waals surface area contributed by atoms with Gasteiger partial charge >= 0.3 is 11.9 Å². The van der Waals surface area contributed by atoms with Gasteiger partial charge in [-0.1, -0.05) is 154 Å². The van der Waals surface area contributed by atoms with Crippen LogP contribution in [0.5, 0.6) is 0 Å². The summed E-state index contributed by atoms with van der Waals surface area (Å²) in [5, 5.41) is 30.8. The number of hydrogen-bond donors (Lipinski definition) is 4. The Bertz CT molecular complexity index is 1100. The Balaban J connectivity index is 2.40. The van der Waals surface area contributed by atoms with Gasteiger partial charge < -0.3 is 34.3 Å². The fourth-order valence-corrected chi connectivity index (χ4v) is 7.54. The lowest BCUT2D eigenvalue weighted by Crippen LogP contribution is -2.60. The van der Waals surface area contributed by atoms with Crippen LogP contribution >= 0.6 is 0 Å². The van der Waals surface area contributed by atoms with Crippen molar-refractivity contribution in [2.24, 2.45) is 0 Å². The maximum atomic E-state index is 12.8. The fourth-order valence-electron chi connectivity index (χ4n) is 6.85. The average Bonchev–Trinajstić information content (AvgIpc) is 3.16. The van der Waals surface area contributed by atoms with Gasteiger partial charge in [0.25, 0.3) is 10.1 Å². The van der Waals surface area contributed by atoms with Crippen LogP contribution in [0.15, 0.2) is 12.2 Å². The van der Waals surface area contributed by atoms with Crippen molar-refractivity contribution in [1.82, 2.24) is 0 Å². The van der Waals surface area contributed by atoms with Gasteiger partial charge in [-0.25, -0.2) is 0 Å². The Morgan fingerprint density at radius 1 is 0.589 bits per heavy atom. The summed E-state index contributed by atoms with van der Waals surface area (Å²) in [4.78, 5) is 25.3. The van der Waals surface area contributed by atoms with Crippen molar-refractivity contribution < 1.29 is 56.8 Å². The highest BCUT2D eigenvalue weighted by Gasteiger charge is 2.46. The third kappa shape index (κ3) is 28.7. The number of carbonyl (C=O) groups is 2. The summed E-state index contributed by atoms with van der Waals surface area (Å²) in [6.45, 7) is 3.73. The zero-order chi connectivity index (χ0) is 41.3. The molecule has 13 heteroatoms. The van der Waals surface area contributed by atoms with E-state index in [1.807, 2.05) is 0 Å². The van der Waals surface area contributed by atoms with E-state index in [0.29, 0.717) is 12.8 Å². The lowest BCUT2D eigenvalue weighted by Gasteiger charge is -2.40. The number of aliphatic hydroxyl groups excluding tert-OH is 3. The largest absolute Gasteiger partial charge is 0.462 e. The normalized spacial score (nSPS) is 20.7. The Hall–Kier alpha value is -1.61. The summed E-state index contributed by atoms with van der Waals surface area (Å²) in [6.07, 6.45) is 25.6. The van der Waals surface area contributed by atoms with Crippen molar-refractivity contribution >= 4 is 22.1 Å². The molecule has 4 N–H and O–H groups in total. The van der Waals surface area contributed by atoms with Gasteiger partial charge in [0, 0.05) is 12.8 Å². The van der Waals surface area contributed by atoms with E-state index in [1.165, 1.54) is 116 Å². The molecule has 1 rings (SSSR count). The fraction of sp³-hybridized carbons (Fsp3) is 0.907. The molecule has 0 aliphatic carbocycles. The zero-order valence-corrected chi connectivity index (χ0v) is 35.8. The molecular formula is C43H80O12S. The number of aliphatic hydroxyl groups is 3. The number of allylic oxidation sites excluding steroid dienone is 2. The summed E-state index contributed by atoms with van der Waals surface area (Å²) in [5.41, 5.74) is 0. The van der Waals surface area contributed by atoms with Crippen LogP contribution < -0.4 is 0 Å². The maximum absolute atomic E-state index is 12.8. The first-order valence-electron chi connectivity index (χ1n) is 22.2. The molecule has 0 spiro atoms. The molecule has 1 heterocycles. The van der Waals surface area contributed by atoms with E-state index < -0.39 is 71.2 Å². The maximum Gasteiger partial charge on any atom is 0.306 e. The summed E-state index contributed by atoms with van der Waals surface area (Å²) < 4.78 is 53.9. The molecule has 12 nitrogen and oxygen atoms in total. The molecule has 0 aromatic rings. The van der Waals surface area contributed by atoms with Crippen LogP contribution in [0.1, 0.15) is 194 Å². The highest BCUT2D eigenvalue weighted by Crippen LogP contribution is 2.24. The van der Waals surface area contributed by atoms with E-state index in [4.69, 9.17) is 18.9 Å². The summed E-state index contributed by atoms with van der Waals surface area (Å²) in [6, 6.07) is 0. The second kappa shape index (κ2) is 34.3. The van der Waals surface area contributed by atoms with E-state index >= 15 is 0 Å². The van der Waals surface area contributed by atoms with Gasteiger partial charge in [-0.3, -0.25) is 14.1 Å². The second-order valence-electron chi connectivity index (χ2n) is 15.7. The minimum Gasteiger partial charge on any atom is -0.462 e. The number of hydrogen-bond acceptors (Lipinski definition) is 11. The standard InChI is InChI=1S/C43H80O12S/c1-3-5-7-9-11-13-14-15-16-17-18-19-20-21-22-24-26-28-30-32-39(45)54-36(33-52-38(44)31-29-27-25-23-12-10-8-6-4-2)34-53-43-42(48)41(47)40(46)37(55-43)35-56(49,50)51/h15-16,36-37,40-43,46-48H,3-14,17-35H2,1-2H3,(H,49,50,51)/b16-15-. The lowest BCUT2D eigenvalue weighted by atomic mass is 10.00. The van der Waals surface area contributed by atoms with Crippen LogP contribution in [0.3, 0.4) is 0 Å². The predicted molar refractivity (Wildman–Crippen MR) is 220 cm³/mol. The van der Waals surface area contributed by atoms with Crippen molar-refractivity contribution in [3.63, 3.8) is 0 Å². The summed E-state index contributed by atoms with van der Waals surface area (Å²) in [7, 11) is -4.60. The van der Waals surface area contributed by atoms with Crippen molar-refractivity contribution in [3.8, 4) is 0 Å². The smallest absolute Gasteiger partial charge is 0.306 e. The highest BCUT2D eigenvalue weighted by atomic mass is 32.2. The van der Waals surface area contributed by atoms with Crippen molar-refractivity contribution in [2.75, 3.05) is 19.0 Å². The van der Waals surface area contributed by atoms with Gasteiger partial charge in [0.05, 0.1) is 6.61 Å². The van der Waals surface area contributed by atoms with E-state index in [9.17, 15) is 37.9 Å². The minimum absolute atomic E-state index is 0.166. The first-order chi connectivity index (χ1) is 27.0. The molecule has 0 aromatic heterocycles. The molecule has 1 saturated heterocycles. The first kappa shape index (κ1) is 52.4. The number of esters is 2. The Morgan fingerprint density at radius 2 is 1.02 bits per heavy atom. The van der Waals surface area contributed by atoms with E-state index in [0.717, 1.165) is 38.5 Å². The molecule has 0 radical (unpaired) electrons. The molecule has 330 valence electrons. The summed E-state index contributed by atoms with van der Waals surface area (Å²) in [5.74, 6) is -1.98. The van der Waals surface area contributed by atoms with Gasteiger partial charge in [0.15, 0.2) is 12.4 Å². The zero-order valence-electron chi connectivity index (χ0n) is 35.0. The molecule has 1 aliphatic rings. The van der Waals surface area contributed by atoms with Crippen molar-refractivity contribution in [1.29, 1.82) is 0 Å². The Labute approximate surface area is 339 Å². The summed E-state index contributed by atoms with van der Waals surface area (Å²) >= 11 is 0. The Kier molecular flexibility index (Phi) is 32.1. The molecule has 0 aromatic carbocycles. The van der Waals surface area contributed by atoms with Crippen LogP contribution in [-0.2, 0) is 38.7 Å². The topological polar surface area (TPSA) is 186 Å². The molecule has 0 saturated carbocycles. The number of unbranched alkanes of at least 4 members (excludes halogenated alkanes) is 23. The molecular weight excluding hydrogens is 741 g/mol. The van der Waals surface area contributed by atoms with Crippen LogP contribution in [0.25, 0.3) is 0 Å². The number of rotatable bonds is 37. The van der Waals surface area contributed by atoms with Gasteiger partial charge in [0.1, 0.15) is 36.8 Å². The first-order valence-corrected chi connectivity index (χ1v) is 23.9. The Morgan fingerprint density at radius 3 is 1.48 bits per heavy atom. The average molecular weight is 821 g/mol. The third-order valence-corrected chi connectivity index (χ3v) is 11.1. The van der Waals surface area contributed by atoms with Crippen LogP contribution in [-0.4, -0.2) is 96.0 Å². The predicted octanol–water partition coefficient (Wildman–Crippen LogP) is 8.67. The van der Waals surface area contributed by atoms with Crippen molar-refractivity contribution in [3.05, 3.63) is 12.2 Å². The second-order valence-corrected chi connectivity index (χ2v) is 17.2. The third-order valence-electron chi connectivity index (χ3n) is 10.3. The molecule has 0 bridgehead atoms. The van der Waals surface area contributed by atoms with E-state index in [2.05, 4.69) is 26.0 Å². The molecule has 56 heavy (non-hydrogen) atoms. The number of carbonyl (C=O) groups excluding carboxylic acids is 2. The number of ether oxygens (including phenoxy) is 4. The van der Waals surface area contributed by atoms with Gasteiger partial charge in [0.2, 0.25) is 0 Å². The molecule has 6 unspecified atom stereocenters. The minimum atomic E-state index is -4.60. The highest BCUT2D eigenvalue weighted by molar-refractivity contribution is 7.85. The van der Waals surface area contributed by atoms with Crippen molar-refractivity contribution in [2.45, 2.75) is 230 Å². The van der Waals surface area contributed by atoms with Gasteiger partial charge in [-0.15, -0.1) is 0 Å². The molecule has 1 fully saturated rings. The molecule has 1 aliphatic heterocycles. The quantitative estimate of drug-likeness (QED) is 0.0203. The van der Waals surface area contributed by atoms with E-state index in [1.54, 1.807) is 0 Å². The monoisotopic (exact) mass is 821 g/mol. The SMILES string of the molecule is CCCCCCCC/C=C\CCCCCCCCCCCC(=O)OC(COC(=O)CCCCCCCCCCC)COC1OC(CS(=O)(=O)O)C(O)C(O)C1O. The van der Waals surface area contributed by atoms with Gasteiger partial charge in [-0.2, -0.15) is 8.42 Å². The van der Waals surface area contributed by atoms with E-state index in [-0.39, 0.29) is 19.4 Å². The van der Waals surface area contributed by atoms with Gasteiger partial charge in [-0.05, 0) is 38.5 Å². The lowest BCUT2D eigenvalue weighted by molar-refractivity contribution is -0.297. The van der Waals surface area contributed by atoms with Crippen LogP contribution in [0.4, 0.5) is 0 Å².